The molecule has 0 N–H and O–H groups in total. The molecule has 2 aliphatic heterocycles. The molecule has 1 saturated heterocycles. The van der Waals surface area contributed by atoms with Crippen molar-refractivity contribution in [3.63, 3.8) is 0 Å². The molecule has 2 aliphatic rings. The van der Waals surface area contributed by atoms with E-state index in [1.807, 2.05) is 25.7 Å². The summed E-state index contributed by atoms with van der Waals surface area (Å²) in [6.45, 7) is 13.7. The number of nitrogens with zero attached hydrogens (tertiary/aromatic N) is 2. The van der Waals surface area contributed by atoms with E-state index >= 15 is 0 Å². The van der Waals surface area contributed by atoms with Gasteiger partial charge in [0.15, 0.2) is 0 Å². The zero-order valence-corrected chi connectivity index (χ0v) is 20.4. The van der Waals surface area contributed by atoms with Crippen molar-refractivity contribution in [1.82, 2.24) is 9.80 Å². The molecular weight excluding hydrogens is 436 g/mol. The molecule has 7 heteroatoms. The monoisotopic (exact) mass is 472 g/mol. The molecule has 1 atom stereocenters. The SMILES string of the molecule is CCC1=C(/C(Br)=C2\CCCN(C(=O)OC(C)(C)C)CC2)N(CCOC)CC(C)O1. The first-order chi connectivity index (χ1) is 13.7. The maximum Gasteiger partial charge on any atom is 0.410 e. The highest BCUT2D eigenvalue weighted by Crippen LogP contribution is 2.36. The molecule has 1 unspecified atom stereocenters. The molecule has 0 aliphatic carbocycles. The van der Waals surface area contributed by atoms with Crippen LogP contribution in [0.3, 0.4) is 0 Å². The van der Waals surface area contributed by atoms with Gasteiger partial charge in [-0.3, -0.25) is 0 Å². The minimum absolute atomic E-state index is 0.160. The predicted octanol–water partition coefficient (Wildman–Crippen LogP) is 5.05. The van der Waals surface area contributed by atoms with Crippen LogP contribution >= 0.6 is 15.9 Å². The molecule has 2 rings (SSSR count). The van der Waals surface area contributed by atoms with E-state index in [4.69, 9.17) is 14.2 Å². The Morgan fingerprint density at radius 1 is 1.28 bits per heavy atom. The second-order valence-electron chi connectivity index (χ2n) is 8.73. The number of amides is 1. The second-order valence-corrected chi connectivity index (χ2v) is 9.52. The Morgan fingerprint density at radius 3 is 2.62 bits per heavy atom. The summed E-state index contributed by atoms with van der Waals surface area (Å²) in [4.78, 5) is 16.7. The molecule has 0 saturated carbocycles. The Bertz CT molecular complexity index is 639. The van der Waals surface area contributed by atoms with Crippen LogP contribution in [0.5, 0.6) is 0 Å². The summed E-state index contributed by atoms with van der Waals surface area (Å²) >= 11 is 3.90. The maximum atomic E-state index is 12.5. The first-order valence-electron chi connectivity index (χ1n) is 10.7. The lowest BCUT2D eigenvalue weighted by Gasteiger charge is -2.37. The lowest BCUT2D eigenvalue weighted by Crippen LogP contribution is -2.39. The zero-order valence-electron chi connectivity index (χ0n) is 18.8. The van der Waals surface area contributed by atoms with Gasteiger partial charge in [0.1, 0.15) is 17.5 Å². The maximum absolute atomic E-state index is 12.5. The molecule has 1 amide bonds. The number of allylic oxidation sites excluding steroid dienone is 2. The summed E-state index contributed by atoms with van der Waals surface area (Å²) < 4.78 is 18.2. The highest BCUT2D eigenvalue weighted by atomic mass is 79.9. The number of ether oxygens (including phenoxy) is 3. The molecule has 166 valence electrons. The highest BCUT2D eigenvalue weighted by molar-refractivity contribution is 9.12. The van der Waals surface area contributed by atoms with Crippen LogP contribution in [0, 0.1) is 0 Å². The van der Waals surface area contributed by atoms with Gasteiger partial charge in [0.05, 0.1) is 18.8 Å². The molecule has 0 spiro atoms. The van der Waals surface area contributed by atoms with E-state index in [1.54, 1.807) is 7.11 Å². The summed E-state index contributed by atoms with van der Waals surface area (Å²) in [5.74, 6) is 1.02. The Labute approximate surface area is 184 Å². The number of hydrogen-bond donors (Lipinski definition) is 0. The number of carbonyl (C=O) groups is 1. The zero-order chi connectivity index (χ0) is 21.6. The molecule has 0 radical (unpaired) electrons. The van der Waals surface area contributed by atoms with Gasteiger partial charge in [0, 0.05) is 37.6 Å². The summed E-state index contributed by atoms with van der Waals surface area (Å²) in [6, 6.07) is 0. The standard InChI is InChI=1S/C22H37BrN2O4/c1-7-18-20(25(13-14-27-6)15-16(2)28-18)19(23)17-9-8-11-24(12-10-17)21(26)29-22(3,4)5/h16H,7-15H2,1-6H3/b19-17-. The van der Waals surface area contributed by atoms with Crippen LogP contribution in [0.4, 0.5) is 4.79 Å². The van der Waals surface area contributed by atoms with E-state index in [1.165, 1.54) is 5.57 Å². The van der Waals surface area contributed by atoms with Crippen molar-refractivity contribution in [3.8, 4) is 0 Å². The first-order valence-corrected chi connectivity index (χ1v) is 11.4. The number of rotatable bonds is 5. The van der Waals surface area contributed by atoms with Crippen LogP contribution in [0.25, 0.3) is 0 Å². The Morgan fingerprint density at radius 2 is 2.00 bits per heavy atom. The molecule has 2 heterocycles. The summed E-state index contributed by atoms with van der Waals surface area (Å²) in [5, 5.41) is 0. The fraction of sp³-hybridized carbons (Fsp3) is 0.773. The number of likely N-dealkylation sites (tertiary alicyclic amines) is 1. The molecular formula is C22H37BrN2O4. The second kappa shape index (κ2) is 10.7. The van der Waals surface area contributed by atoms with Crippen LogP contribution in [0.1, 0.15) is 60.3 Å². The largest absolute Gasteiger partial charge is 0.491 e. The van der Waals surface area contributed by atoms with Crippen molar-refractivity contribution >= 4 is 22.0 Å². The molecule has 0 aromatic rings. The van der Waals surface area contributed by atoms with Crippen LogP contribution in [0.2, 0.25) is 0 Å². The normalized spacial score (nSPS) is 22.9. The van der Waals surface area contributed by atoms with Crippen LogP contribution in [0.15, 0.2) is 21.5 Å². The fourth-order valence-corrected chi connectivity index (χ4v) is 4.58. The van der Waals surface area contributed by atoms with Gasteiger partial charge in [0.25, 0.3) is 0 Å². The third-order valence-corrected chi connectivity index (χ3v) is 5.98. The van der Waals surface area contributed by atoms with Crippen molar-refractivity contribution in [3.05, 3.63) is 21.5 Å². The van der Waals surface area contributed by atoms with Crippen molar-refractivity contribution in [1.29, 1.82) is 0 Å². The molecule has 29 heavy (non-hydrogen) atoms. The molecule has 0 aromatic heterocycles. The van der Waals surface area contributed by atoms with Gasteiger partial charge >= 0.3 is 6.09 Å². The Balaban J connectivity index is 2.22. The van der Waals surface area contributed by atoms with Crippen LogP contribution in [-0.2, 0) is 14.2 Å². The van der Waals surface area contributed by atoms with Crippen LogP contribution < -0.4 is 0 Å². The van der Waals surface area contributed by atoms with Crippen molar-refractivity contribution in [2.75, 3.05) is 39.9 Å². The summed E-state index contributed by atoms with van der Waals surface area (Å²) in [5.41, 5.74) is 2.00. The smallest absolute Gasteiger partial charge is 0.410 e. The van der Waals surface area contributed by atoms with E-state index in [0.717, 1.165) is 61.3 Å². The van der Waals surface area contributed by atoms with Gasteiger partial charge in [-0.15, -0.1) is 0 Å². The Kier molecular flexibility index (Phi) is 8.89. The summed E-state index contributed by atoms with van der Waals surface area (Å²) in [6.07, 6.45) is 3.48. The van der Waals surface area contributed by atoms with Gasteiger partial charge < -0.3 is 24.0 Å². The number of halogens is 1. The quantitative estimate of drug-likeness (QED) is 0.560. The summed E-state index contributed by atoms with van der Waals surface area (Å²) in [7, 11) is 1.73. The lowest BCUT2D eigenvalue weighted by molar-refractivity contribution is 0.0258. The lowest BCUT2D eigenvalue weighted by atomic mass is 10.0. The van der Waals surface area contributed by atoms with Gasteiger partial charge in [-0.25, -0.2) is 4.79 Å². The number of hydrogen-bond acceptors (Lipinski definition) is 5. The van der Waals surface area contributed by atoms with Crippen molar-refractivity contribution in [2.24, 2.45) is 0 Å². The third kappa shape index (κ3) is 6.92. The third-order valence-electron chi connectivity index (χ3n) is 5.05. The fourth-order valence-electron chi connectivity index (χ4n) is 3.72. The molecule has 0 bridgehead atoms. The van der Waals surface area contributed by atoms with Crippen molar-refractivity contribution < 1.29 is 19.0 Å². The van der Waals surface area contributed by atoms with Gasteiger partial charge in [0.2, 0.25) is 0 Å². The van der Waals surface area contributed by atoms with E-state index in [9.17, 15) is 4.79 Å². The Hall–Kier alpha value is -1.21. The molecule has 0 aromatic carbocycles. The minimum atomic E-state index is -0.471. The van der Waals surface area contributed by atoms with E-state index in [-0.39, 0.29) is 12.2 Å². The highest BCUT2D eigenvalue weighted by Gasteiger charge is 2.29. The van der Waals surface area contributed by atoms with Crippen molar-refractivity contribution in [2.45, 2.75) is 72.0 Å². The van der Waals surface area contributed by atoms with Gasteiger partial charge in [-0.1, -0.05) is 12.5 Å². The van der Waals surface area contributed by atoms with Crippen LogP contribution in [-0.4, -0.2) is 67.5 Å². The average Bonchev–Trinajstić information content (AvgIpc) is 2.90. The number of carbonyl (C=O) groups excluding carboxylic acids is 1. The first kappa shape index (κ1) is 24.1. The number of methoxy groups -OCH3 is 1. The molecule has 1 fully saturated rings. The van der Waals surface area contributed by atoms with Gasteiger partial charge in [-0.05, 0) is 62.9 Å². The average molecular weight is 473 g/mol. The topological polar surface area (TPSA) is 51.2 Å². The minimum Gasteiger partial charge on any atom is -0.491 e. The molecule has 6 nitrogen and oxygen atoms in total. The van der Waals surface area contributed by atoms with E-state index in [2.05, 4.69) is 34.7 Å². The van der Waals surface area contributed by atoms with E-state index < -0.39 is 5.60 Å². The predicted molar refractivity (Wildman–Crippen MR) is 119 cm³/mol. The van der Waals surface area contributed by atoms with E-state index in [0.29, 0.717) is 13.2 Å². The van der Waals surface area contributed by atoms with Gasteiger partial charge in [-0.2, -0.15) is 0 Å².